The number of hydrogen-bond donors (Lipinski definition) is 2. The lowest BCUT2D eigenvalue weighted by Gasteiger charge is -2.31. The summed E-state index contributed by atoms with van der Waals surface area (Å²) < 4.78 is 0. The topological polar surface area (TPSA) is 44.4 Å². The lowest BCUT2D eigenvalue weighted by molar-refractivity contribution is 0.0698. The van der Waals surface area contributed by atoms with Gasteiger partial charge in [0.25, 0.3) is 5.91 Å². The Morgan fingerprint density at radius 2 is 1.64 bits per heavy atom. The van der Waals surface area contributed by atoms with E-state index in [9.17, 15) is 4.79 Å². The number of likely N-dealkylation sites (tertiary alicyclic amines) is 1. The summed E-state index contributed by atoms with van der Waals surface area (Å²) in [5, 5.41) is 6.77. The van der Waals surface area contributed by atoms with Gasteiger partial charge in [-0.05, 0) is 55.2 Å². The summed E-state index contributed by atoms with van der Waals surface area (Å²) in [5.74, 6) is 0.762. The molecule has 130 valence electrons. The number of carbonyl (C=O) groups excluding carboxylic acids is 1. The van der Waals surface area contributed by atoms with Gasteiger partial charge in [0.2, 0.25) is 0 Å². The molecular weight excluding hydrogens is 330 g/mol. The monoisotopic (exact) mass is 353 g/mol. The number of hydrogen-bond acceptors (Lipinski definition) is 2. The first-order valence-corrected chi connectivity index (χ1v) is 9.05. The summed E-state index contributed by atoms with van der Waals surface area (Å²) in [7, 11) is 0. The fourth-order valence-corrected chi connectivity index (χ4v) is 3.19. The molecule has 0 spiro atoms. The second kappa shape index (κ2) is 8.12. The van der Waals surface area contributed by atoms with Crippen LogP contribution in [0, 0.1) is 5.92 Å². The minimum Gasteiger partial charge on any atom is -0.339 e. The van der Waals surface area contributed by atoms with Gasteiger partial charge in [0.05, 0.1) is 11.3 Å². The van der Waals surface area contributed by atoms with Gasteiger partial charge in [-0.2, -0.15) is 0 Å². The second-order valence-electron chi connectivity index (χ2n) is 6.47. The van der Waals surface area contributed by atoms with Gasteiger partial charge in [-0.15, -0.1) is 0 Å². The number of anilines is 2. The van der Waals surface area contributed by atoms with Gasteiger partial charge < -0.3 is 15.5 Å². The first kappa shape index (κ1) is 17.4. The van der Waals surface area contributed by atoms with Crippen molar-refractivity contribution in [3.05, 3.63) is 60.2 Å². The molecule has 0 atom stereocenters. The van der Waals surface area contributed by atoms with Gasteiger partial charge in [-0.1, -0.05) is 37.3 Å². The van der Waals surface area contributed by atoms with Crippen molar-refractivity contribution in [3.8, 4) is 0 Å². The predicted molar refractivity (Wildman–Crippen MR) is 107 cm³/mol. The maximum atomic E-state index is 12.9. The quantitative estimate of drug-likeness (QED) is 0.805. The summed E-state index contributed by atoms with van der Waals surface area (Å²) in [6.45, 7) is 3.88. The van der Waals surface area contributed by atoms with Crippen LogP contribution in [0.4, 0.5) is 11.4 Å². The Balaban J connectivity index is 1.70. The molecule has 4 nitrogen and oxygen atoms in total. The van der Waals surface area contributed by atoms with Crippen LogP contribution in [0.5, 0.6) is 0 Å². The van der Waals surface area contributed by atoms with Crippen LogP contribution in [0.2, 0.25) is 0 Å². The fourth-order valence-electron chi connectivity index (χ4n) is 2.97. The minimum atomic E-state index is 0.0671. The highest BCUT2D eigenvalue weighted by molar-refractivity contribution is 7.80. The van der Waals surface area contributed by atoms with Crippen molar-refractivity contribution >= 4 is 34.6 Å². The van der Waals surface area contributed by atoms with Gasteiger partial charge in [-0.3, -0.25) is 4.79 Å². The van der Waals surface area contributed by atoms with Crippen molar-refractivity contribution in [2.24, 2.45) is 5.92 Å². The third kappa shape index (κ3) is 4.57. The normalized spacial score (nSPS) is 14.8. The van der Waals surface area contributed by atoms with E-state index < -0.39 is 0 Å². The molecule has 0 bridgehead atoms. The summed E-state index contributed by atoms with van der Waals surface area (Å²) in [5.41, 5.74) is 2.31. The predicted octanol–water partition coefficient (Wildman–Crippen LogP) is 4.37. The lowest BCUT2D eigenvalue weighted by atomic mass is 9.98. The summed E-state index contributed by atoms with van der Waals surface area (Å²) >= 11 is 5.39. The molecule has 2 N–H and O–H groups in total. The Labute approximate surface area is 154 Å². The summed E-state index contributed by atoms with van der Waals surface area (Å²) in [6, 6.07) is 17.3. The number of para-hydroxylation sites is 2. The number of amides is 1. The molecule has 2 aromatic rings. The number of nitrogens with zero attached hydrogens (tertiary/aromatic N) is 1. The van der Waals surface area contributed by atoms with E-state index in [0.717, 1.165) is 37.3 Å². The van der Waals surface area contributed by atoms with Crippen molar-refractivity contribution < 1.29 is 4.79 Å². The molecular formula is C20H23N3OS. The molecule has 2 aromatic carbocycles. The van der Waals surface area contributed by atoms with E-state index in [1.54, 1.807) is 0 Å². The van der Waals surface area contributed by atoms with E-state index in [1.807, 2.05) is 59.5 Å². The molecule has 0 aliphatic carbocycles. The van der Waals surface area contributed by atoms with E-state index in [-0.39, 0.29) is 5.91 Å². The van der Waals surface area contributed by atoms with Crippen molar-refractivity contribution in [2.75, 3.05) is 23.7 Å². The Morgan fingerprint density at radius 3 is 2.36 bits per heavy atom. The van der Waals surface area contributed by atoms with Crippen molar-refractivity contribution in [1.82, 2.24) is 4.90 Å². The van der Waals surface area contributed by atoms with E-state index in [2.05, 4.69) is 17.6 Å². The van der Waals surface area contributed by atoms with Crippen LogP contribution in [0.25, 0.3) is 0 Å². The molecule has 0 aromatic heterocycles. The molecule has 1 saturated heterocycles. The van der Waals surface area contributed by atoms with Crippen LogP contribution in [0.1, 0.15) is 30.1 Å². The first-order valence-electron chi connectivity index (χ1n) is 8.65. The van der Waals surface area contributed by atoms with Crippen LogP contribution in [0.15, 0.2) is 54.6 Å². The number of carbonyl (C=O) groups is 1. The van der Waals surface area contributed by atoms with Gasteiger partial charge in [-0.25, -0.2) is 0 Å². The molecule has 1 aliphatic heterocycles. The fraction of sp³-hybridized carbons (Fsp3) is 0.300. The average Bonchev–Trinajstić information content (AvgIpc) is 2.63. The Morgan fingerprint density at radius 1 is 1.00 bits per heavy atom. The van der Waals surface area contributed by atoms with Gasteiger partial charge in [0.1, 0.15) is 0 Å². The van der Waals surface area contributed by atoms with E-state index in [4.69, 9.17) is 12.2 Å². The van der Waals surface area contributed by atoms with Gasteiger partial charge in [0, 0.05) is 18.8 Å². The van der Waals surface area contributed by atoms with Crippen molar-refractivity contribution in [3.63, 3.8) is 0 Å². The Bertz CT molecular complexity index is 740. The third-order valence-corrected chi connectivity index (χ3v) is 4.71. The number of piperidine rings is 1. The number of thiocarbonyl (C=S) groups is 1. The largest absolute Gasteiger partial charge is 0.339 e. The lowest BCUT2D eigenvalue weighted by Crippen LogP contribution is -2.38. The summed E-state index contributed by atoms with van der Waals surface area (Å²) in [4.78, 5) is 14.8. The molecule has 3 rings (SSSR count). The van der Waals surface area contributed by atoms with Crippen molar-refractivity contribution in [1.29, 1.82) is 0 Å². The van der Waals surface area contributed by atoms with Crippen LogP contribution < -0.4 is 10.6 Å². The SMILES string of the molecule is CC1CCN(C(=O)c2ccccc2NC(=S)Nc2ccccc2)CC1. The van der Waals surface area contributed by atoms with E-state index >= 15 is 0 Å². The molecule has 1 amide bonds. The van der Waals surface area contributed by atoms with Crippen LogP contribution in [-0.4, -0.2) is 29.0 Å². The molecule has 0 radical (unpaired) electrons. The highest BCUT2D eigenvalue weighted by Gasteiger charge is 2.23. The molecule has 1 fully saturated rings. The summed E-state index contributed by atoms with van der Waals surface area (Å²) in [6.07, 6.45) is 2.13. The molecule has 5 heteroatoms. The maximum absolute atomic E-state index is 12.9. The maximum Gasteiger partial charge on any atom is 0.255 e. The minimum absolute atomic E-state index is 0.0671. The van der Waals surface area contributed by atoms with Crippen LogP contribution >= 0.6 is 12.2 Å². The molecule has 0 unspecified atom stereocenters. The Hall–Kier alpha value is -2.40. The standard InChI is InChI=1S/C20H23N3OS/c1-15-11-13-23(14-12-15)19(24)17-9-5-6-10-18(17)22-20(25)21-16-7-3-2-4-8-16/h2-10,15H,11-14H2,1H3,(H2,21,22,25). The number of rotatable bonds is 3. The van der Waals surface area contributed by atoms with E-state index in [1.165, 1.54) is 0 Å². The first-order chi connectivity index (χ1) is 12.1. The van der Waals surface area contributed by atoms with Gasteiger partial charge in [0.15, 0.2) is 5.11 Å². The van der Waals surface area contributed by atoms with Crippen LogP contribution in [-0.2, 0) is 0 Å². The van der Waals surface area contributed by atoms with Gasteiger partial charge >= 0.3 is 0 Å². The average molecular weight is 353 g/mol. The smallest absolute Gasteiger partial charge is 0.255 e. The highest BCUT2D eigenvalue weighted by atomic mass is 32.1. The number of benzene rings is 2. The van der Waals surface area contributed by atoms with Crippen LogP contribution in [0.3, 0.4) is 0 Å². The molecule has 25 heavy (non-hydrogen) atoms. The number of nitrogens with one attached hydrogen (secondary N) is 2. The zero-order valence-corrected chi connectivity index (χ0v) is 15.2. The zero-order valence-electron chi connectivity index (χ0n) is 14.4. The molecule has 0 saturated carbocycles. The Kier molecular flexibility index (Phi) is 5.66. The van der Waals surface area contributed by atoms with Crippen molar-refractivity contribution in [2.45, 2.75) is 19.8 Å². The molecule has 1 aliphatic rings. The second-order valence-corrected chi connectivity index (χ2v) is 6.87. The molecule has 1 heterocycles. The third-order valence-electron chi connectivity index (χ3n) is 4.51. The zero-order chi connectivity index (χ0) is 17.6. The highest BCUT2D eigenvalue weighted by Crippen LogP contribution is 2.22. The van der Waals surface area contributed by atoms with E-state index in [0.29, 0.717) is 16.6 Å².